The molecule has 0 aliphatic rings. The molecule has 0 aliphatic carbocycles. The molecule has 0 amide bonds. The van der Waals surface area contributed by atoms with E-state index in [-0.39, 0.29) is 33.6 Å². The maximum Gasteiger partial charge on any atom is 0.296 e. The van der Waals surface area contributed by atoms with Gasteiger partial charge in [0.05, 0.1) is 9.85 Å². The summed E-state index contributed by atoms with van der Waals surface area (Å²) in [5, 5.41) is 41.7. The monoisotopic (exact) mass is 676 g/mol. The summed E-state index contributed by atoms with van der Waals surface area (Å²) in [7, 11) is 0. The molecule has 0 fully saturated rings. The first-order valence-corrected chi connectivity index (χ1v) is 17.5. The first-order chi connectivity index (χ1) is 23.9. The number of hydrogen-bond acceptors (Lipinski definition) is 8. The van der Waals surface area contributed by atoms with E-state index in [2.05, 4.69) is 80.2 Å². The Morgan fingerprint density at radius 2 is 1.06 bits per heavy atom. The molecule has 10 nitrogen and oxygen atoms in total. The second-order valence-electron chi connectivity index (χ2n) is 14.0. The predicted molar refractivity (Wildman–Crippen MR) is 201 cm³/mol. The average Bonchev–Trinajstić information content (AvgIpc) is 3.10. The standard InChI is InChI=1S/C40H48N6O4/c1-7-9-15-24-39(3,4)30-19-17-18-29(26-30)32-27-31(40(5,6)25-16-10-8-2)28-35(43-41-33-20-11-13-22-36(33)45(47)48)38(32)44-42-34-21-12-14-23-37(34)46(49)50/h11-14,17-23,26-28H,7-10,15-16,24-25H2,1-6H3. The van der Waals surface area contributed by atoms with E-state index in [1.807, 2.05) is 18.2 Å². The number of benzene rings is 4. The molecule has 4 rings (SSSR count). The summed E-state index contributed by atoms with van der Waals surface area (Å²) in [5.74, 6) is 0. The van der Waals surface area contributed by atoms with E-state index in [9.17, 15) is 20.2 Å². The zero-order chi connectivity index (χ0) is 36.3. The fourth-order valence-electron chi connectivity index (χ4n) is 6.06. The van der Waals surface area contributed by atoms with Gasteiger partial charge in [0.25, 0.3) is 11.4 Å². The van der Waals surface area contributed by atoms with E-state index in [1.54, 1.807) is 36.4 Å². The summed E-state index contributed by atoms with van der Waals surface area (Å²) in [5.41, 5.74) is 4.07. The number of nitrogens with zero attached hydrogens (tertiary/aromatic N) is 6. The first kappa shape index (κ1) is 37.7. The molecule has 0 unspecified atom stereocenters. The van der Waals surface area contributed by atoms with Crippen LogP contribution in [0.1, 0.15) is 104 Å². The molecule has 0 bridgehead atoms. The molecule has 0 aromatic heterocycles. The molecule has 4 aromatic carbocycles. The SMILES string of the molecule is CCCCCC(C)(C)c1cccc(-c2cc(C(C)(C)CCCCC)cc(N=Nc3ccccc3[N+](=O)[O-])c2N=Nc2ccccc2[N+](=O)[O-])c1. The van der Waals surface area contributed by atoms with Crippen molar-refractivity contribution in [2.75, 3.05) is 0 Å². The average molecular weight is 677 g/mol. The van der Waals surface area contributed by atoms with Crippen molar-refractivity contribution >= 4 is 34.1 Å². The zero-order valence-corrected chi connectivity index (χ0v) is 30.1. The van der Waals surface area contributed by atoms with Gasteiger partial charge in [0.15, 0.2) is 11.4 Å². The summed E-state index contributed by atoms with van der Waals surface area (Å²) >= 11 is 0. The molecule has 0 radical (unpaired) electrons. The lowest BCUT2D eigenvalue weighted by atomic mass is 9.77. The number of nitro benzene ring substituents is 2. The van der Waals surface area contributed by atoms with Gasteiger partial charge in [0.1, 0.15) is 11.4 Å². The topological polar surface area (TPSA) is 136 Å². The van der Waals surface area contributed by atoms with Crippen molar-refractivity contribution in [3.8, 4) is 11.1 Å². The summed E-state index contributed by atoms with van der Waals surface area (Å²) < 4.78 is 0. The highest BCUT2D eigenvalue weighted by Crippen LogP contribution is 2.46. The van der Waals surface area contributed by atoms with Crippen LogP contribution in [0.5, 0.6) is 0 Å². The molecule has 0 saturated carbocycles. The van der Waals surface area contributed by atoms with Crippen LogP contribution in [0, 0.1) is 20.2 Å². The van der Waals surface area contributed by atoms with E-state index in [1.165, 1.54) is 24.1 Å². The molecule has 0 saturated heterocycles. The van der Waals surface area contributed by atoms with Gasteiger partial charge in [-0.25, -0.2) is 0 Å². The van der Waals surface area contributed by atoms with Gasteiger partial charge < -0.3 is 0 Å². The highest BCUT2D eigenvalue weighted by atomic mass is 16.6. The molecular weight excluding hydrogens is 628 g/mol. The zero-order valence-electron chi connectivity index (χ0n) is 30.1. The second kappa shape index (κ2) is 17.0. The van der Waals surface area contributed by atoms with Gasteiger partial charge in [-0.15, -0.1) is 20.5 Å². The number of para-hydroxylation sites is 2. The van der Waals surface area contributed by atoms with Gasteiger partial charge in [-0.2, -0.15) is 0 Å². The Morgan fingerprint density at radius 3 is 1.60 bits per heavy atom. The molecule has 4 aromatic rings. The predicted octanol–water partition coefficient (Wildman–Crippen LogP) is 13.7. The number of azo groups is 2. The Morgan fingerprint density at radius 1 is 0.560 bits per heavy atom. The largest absolute Gasteiger partial charge is 0.296 e. The molecule has 50 heavy (non-hydrogen) atoms. The van der Waals surface area contributed by atoms with Gasteiger partial charge in [0, 0.05) is 17.7 Å². The summed E-state index contributed by atoms with van der Waals surface area (Å²) in [4.78, 5) is 22.7. The van der Waals surface area contributed by atoms with Gasteiger partial charge in [0.2, 0.25) is 0 Å². The Hall–Kier alpha value is -5.12. The second-order valence-corrected chi connectivity index (χ2v) is 14.0. The van der Waals surface area contributed by atoms with Gasteiger partial charge in [-0.3, -0.25) is 20.2 Å². The highest BCUT2D eigenvalue weighted by molar-refractivity contribution is 5.85. The third kappa shape index (κ3) is 9.52. The lowest BCUT2D eigenvalue weighted by molar-refractivity contribution is -0.384. The van der Waals surface area contributed by atoms with Crippen LogP contribution in [0.3, 0.4) is 0 Å². The molecule has 262 valence electrons. The number of unbranched alkanes of at least 4 members (excludes halogenated alkanes) is 4. The Bertz CT molecular complexity index is 1860. The van der Waals surface area contributed by atoms with Crippen molar-refractivity contribution in [3.05, 3.63) is 116 Å². The minimum absolute atomic E-state index is 0.0800. The maximum absolute atomic E-state index is 11.8. The van der Waals surface area contributed by atoms with Gasteiger partial charge in [-0.1, -0.05) is 129 Å². The lowest BCUT2D eigenvalue weighted by Crippen LogP contribution is -2.17. The third-order valence-electron chi connectivity index (χ3n) is 9.32. The van der Waals surface area contributed by atoms with E-state index in [0.29, 0.717) is 11.4 Å². The Kier molecular flexibility index (Phi) is 12.8. The normalized spacial score (nSPS) is 12.2. The Balaban J connectivity index is 2.01. The fourth-order valence-corrected chi connectivity index (χ4v) is 6.06. The quantitative estimate of drug-likeness (QED) is 0.0475. The van der Waals surface area contributed by atoms with E-state index in [0.717, 1.165) is 61.6 Å². The van der Waals surface area contributed by atoms with Crippen molar-refractivity contribution in [1.29, 1.82) is 0 Å². The number of rotatable bonds is 17. The van der Waals surface area contributed by atoms with Crippen LogP contribution in [0.2, 0.25) is 0 Å². The van der Waals surface area contributed by atoms with Crippen molar-refractivity contribution in [2.45, 2.75) is 104 Å². The molecule has 0 N–H and O–H groups in total. The molecular formula is C40H48N6O4. The number of hydrogen-bond donors (Lipinski definition) is 0. The smallest absolute Gasteiger partial charge is 0.258 e. The van der Waals surface area contributed by atoms with Crippen molar-refractivity contribution < 1.29 is 9.85 Å². The maximum atomic E-state index is 11.8. The molecule has 10 heteroatoms. The number of nitro groups is 2. The van der Waals surface area contributed by atoms with Crippen LogP contribution in [-0.4, -0.2) is 9.85 Å². The van der Waals surface area contributed by atoms with Crippen molar-refractivity contribution in [2.24, 2.45) is 20.5 Å². The van der Waals surface area contributed by atoms with Crippen LogP contribution in [0.25, 0.3) is 11.1 Å². The van der Waals surface area contributed by atoms with Crippen molar-refractivity contribution in [3.63, 3.8) is 0 Å². The summed E-state index contributed by atoms with van der Waals surface area (Å²) in [6, 6.07) is 24.8. The van der Waals surface area contributed by atoms with Crippen LogP contribution < -0.4 is 0 Å². The fraction of sp³-hybridized carbons (Fsp3) is 0.400. The molecule has 0 heterocycles. The van der Waals surface area contributed by atoms with Crippen LogP contribution in [0.4, 0.5) is 34.1 Å². The minimum atomic E-state index is -0.490. The van der Waals surface area contributed by atoms with Crippen LogP contribution >= 0.6 is 0 Å². The van der Waals surface area contributed by atoms with Crippen molar-refractivity contribution in [1.82, 2.24) is 0 Å². The first-order valence-electron chi connectivity index (χ1n) is 17.5. The minimum Gasteiger partial charge on any atom is -0.258 e. The molecule has 0 spiro atoms. The van der Waals surface area contributed by atoms with Gasteiger partial charge >= 0.3 is 0 Å². The third-order valence-corrected chi connectivity index (χ3v) is 9.32. The lowest BCUT2D eigenvalue weighted by Gasteiger charge is -2.28. The van der Waals surface area contributed by atoms with E-state index < -0.39 is 9.85 Å². The van der Waals surface area contributed by atoms with Gasteiger partial charge in [-0.05, 0) is 64.6 Å². The highest BCUT2D eigenvalue weighted by Gasteiger charge is 2.26. The van der Waals surface area contributed by atoms with E-state index >= 15 is 0 Å². The molecule has 0 aliphatic heterocycles. The van der Waals surface area contributed by atoms with Crippen LogP contribution in [0.15, 0.2) is 105 Å². The Labute approximate surface area is 295 Å². The van der Waals surface area contributed by atoms with Crippen LogP contribution in [-0.2, 0) is 10.8 Å². The molecule has 0 atom stereocenters. The van der Waals surface area contributed by atoms with E-state index in [4.69, 9.17) is 0 Å². The summed E-state index contributed by atoms with van der Waals surface area (Å²) in [6.07, 6.45) is 8.67. The summed E-state index contributed by atoms with van der Waals surface area (Å²) in [6.45, 7) is 13.3.